The zero-order valence-corrected chi connectivity index (χ0v) is 16.6. The summed E-state index contributed by atoms with van der Waals surface area (Å²) in [6.45, 7) is 1.82. The highest BCUT2D eigenvalue weighted by atomic mass is 32.1. The van der Waals surface area contributed by atoms with E-state index in [0.717, 1.165) is 19.3 Å². The van der Waals surface area contributed by atoms with Crippen LogP contribution >= 0.6 is 11.3 Å². The first-order valence-corrected chi connectivity index (χ1v) is 10.7. The SMILES string of the molecule is CN1CCN(C(=O)C2CCC2)C[C@@H](Cc2ccccc2-c2cccs2)C1=O. The Labute approximate surface area is 164 Å². The Balaban J connectivity index is 1.57. The summed E-state index contributed by atoms with van der Waals surface area (Å²) >= 11 is 1.72. The van der Waals surface area contributed by atoms with Gasteiger partial charge in [-0.25, -0.2) is 0 Å². The third kappa shape index (κ3) is 3.79. The first-order chi connectivity index (χ1) is 13.1. The van der Waals surface area contributed by atoms with E-state index in [1.165, 1.54) is 16.0 Å². The molecule has 1 aromatic heterocycles. The third-order valence-corrected chi connectivity index (χ3v) is 6.81. The highest BCUT2D eigenvalue weighted by Crippen LogP contribution is 2.32. The molecule has 1 aliphatic heterocycles. The van der Waals surface area contributed by atoms with Crippen LogP contribution in [0.4, 0.5) is 0 Å². The summed E-state index contributed by atoms with van der Waals surface area (Å²) in [4.78, 5) is 30.7. The van der Waals surface area contributed by atoms with Gasteiger partial charge in [0, 0.05) is 37.5 Å². The Morgan fingerprint density at radius 2 is 1.96 bits per heavy atom. The lowest BCUT2D eigenvalue weighted by Crippen LogP contribution is -2.42. The predicted octanol–water partition coefficient (Wildman–Crippen LogP) is 3.67. The summed E-state index contributed by atoms with van der Waals surface area (Å²) in [5.41, 5.74) is 2.38. The lowest BCUT2D eigenvalue weighted by molar-refractivity contribution is -0.138. The van der Waals surface area contributed by atoms with Gasteiger partial charge in [0.2, 0.25) is 11.8 Å². The first-order valence-electron chi connectivity index (χ1n) is 9.79. The molecule has 2 fully saturated rings. The molecule has 1 saturated carbocycles. The predicted molar refractivity (Wildman–Crippen MR) is 109 cm³/mol. The lowest BCUT2D eigenvalue weighted by Gasteiger charge is -2.32. The van der Waals surface area contributed by atoms with Gasteiger partial charge in [-0.2, -0.15) is 0 Å². The van der Waals surface area contributed by atoms with E-state index in [0.29, 0.717) is 26.1 Å². The monoisotopic (exact) mass is 382 g/mol. The van der Waals surface area contributed by atoms with Crippen LogP contribution in [0.5, 0.6) is 0 Å². The molecule has 27 heavy (non-hydrogen) atoms. The van der Waals surface area contributed by atoms with Gasteiger partial charge in [-0.1, -0.05) is 36.8 Å². The van der Waals surface area contributed by atoms with Gasteiger partial charge in [-0.15, -0.1) is 11.3 Å². The molecule has 2 amide bonds. The molecule has 2 heterocycles. The highest BCUT2D eigenvalue weighted by Gasteiger charge is 2.35. The average Bonchev–Trinajstić information content (AvgIpc) is 3.12. The minimum atomic E-state index is -0.178. The number of benzene rings is 1. The standard InChI is InChI=1S/C22H26N2O2S/c1-23-11-12-24(22(26)16-7-4-8-16)15-18(21(23)25)14-17-6-2-3-9-19(17)20-10-5-13-27-20/h2-3,5-6,9-10,13,16,18H,4,7-8,11-12,14-15H2,1H3/t18-/m1/s1. The molecule has 1 atom stereocenters. The normalized spacial score (nSPS) is 21.1. The highest BCUT2D eigenvalue weighted by molar-refractivity contribution is 7.13. The Hall–Kier alpha value is -2.14. The lowest BCUT2D eigenvalue weighted by atomic mass is 9.84. The Morgan fingerprint density at radius 3 is 2.67 bits per heavy atom. The third-order valence-electron chi connectivity index (χ3n) is 5.91. The molecule has 2 aromatic rings. The molecule has 142 valence electrons. The minimum Gasteiger partial charge on any atom is -0.344 e. The molecule has 1 aliphatic carbocycles. The van der Waals surface area contributed by atoms with Crippen molar-refractivity contribution in [2.75, 3.05) is 26.7 Å². The number of hydrogen-bond donors (Lipinski definition) is 0. The average molecular weight is 383 g/mol. The smallest absolute Gasteiger partial charge is 0.227 e. The largest absolute Gasteiger partial charge is 0.344 e. The van der Waals surface area contributed by atoms with E-state index < -0.39 is 0 Å². The van der Waals surface area contributed by atoms with Crippen LogP contribution in [0, 0.1) is 11.8 Å². The molecule has 0 bridgehead atoms. The summed E-state index contributed by atoms with van der Waals surface area (Å²) < 4.78 is 0. The van der Waals surface area contributed by atoms with Crippen molar-refractivity contribution in [2.24, 2.45) is 11.8 Å². The van der Waals surface area contributed by atoms with Crippen molar-refractivity contribution in [3.8, 4) is 10.4 Å². The summed E-state index contributed by atoms with van der Waals surface area (Å²) in [6.07, 6.45) is 3.84. The van der Waals surface area contributed by atoms with Gasteiger partial charge in [0.1, 0.15) is 0 Å². The molecule has 1 saturated heterocycles. The van der Waals surface area contributed by atoms with Crippen molar-refractivity contribution < 1.29 is 9.59 Å². The van der Waals surface area contributed by atoms with Crippen molar-refractivity contribution in [1.82, 2.24) is 9.80 Å². The van der Waals surface area contributed by atoms with Gasteiger partial charge in [0.15, 0.2) is 0 Å². The minimum absolute atomic E-state index is 0.153. The second-order valence-corrected chi connectivity index (χ2v) is 8.66. The van der Waals surface area contributed by atoms with Gasteiger partial charge in [-0.3, -0.25) is 9.59 Å². The summed E-state index contributed by atoms with van der Waals surface area (Å²) in [7, 11) is 1.86. The number of nitrogens with zero attached hydrogens (tertiary/aromatic N) is 2. The van der Waals surface area contributed by atoms with Crippen LogP contribution in [-0.4, -0.2) is 48.3 Å². The van der Waals surface area contributed by atoms with E-state index in [-0.39, 0.29) is 23.7 Å². The number of likely N-dealkylation sites (N-methyl/N-ethyl adjacent to an activating group) is 1. The second-order valence-electron chi connectivity index (χ2n) is 7.71. The van der Waals surface area contributed by atoms with E-state index in [4.69, 9.17) is 0 Å². The zero-order valence-electron chi connectivity index (χ0n) is 15.8. The van der Waals surface area contributed by atoms with Gasteiger partial charge in [0.25, 0.3) is 0 Å². The Morgan fingerprint density at radius 1 is 1.15 bits per heavy atom. The number of amides is 2. The van der Waals surface area contributed by atoms with Gasteiger partial charge in [0.05, 0.1) is 5.92 Å². The topological polar surface area (TPSA) is 40.6 Å². The zero-order chi connectivity index (χ0) is 18.8. The molecule has 0 unspecified atom stereocenters. The van der Waals surface area contributed by atoms with Crippen molar-refractivity contribution in [3.63, 3.8) is 0 Å². The summed E-state index contributed by atoms with van der Waals surface area (Å²) in [6, 6.07) is 12.5. The summed E-state index contributed by atoms with van der Waals surface area (Å²) in [5, 5.41) is 2.08. The Kier molecular flexibility index (Phi) is 5.30. The first kappa shape index (κ1) is 18.2. The van der Waals surface area contributed by atoms with Crippen molar-refractivity contribution >= 4 is 23.2 Å². The summed E-state index contributed by atoms with van der Waals surface area (Å²) in [5.74, 6) is 0.408. The van der Waals surface area contributed by atoms with E-state index >= 15 is 0 Å². The van der Waals surface area contributed by atoms with Gasteiger partial charge >= 0.3 is 0 Å². The number of carbonyl (C=O) groups is 2. The molecule has 0 spiro atoms. The fraction of sp³-hybridized carbons (Fsp3) is 0.455. The van der Waals surface area contributed by atoms with E-state index in [1.54, 1.807) is 16.2 Å². The number of rotatable bonds is 4. The van der Waals surface area contributed by atoms with Crippen molar-refractivity contribution in [2.45, 2.75) is 25.7 Å². The number of thiophene rings is 1. The van der Waals surface area contributed by atoms with Crippen LogP contribution in [0.3, 0.4) is 0 Å². The molecule has 0 N–H and O–H groups in total. The van der Waals surface area contributed by atoms with Gasteiger partial charge < -0.3 is 9.80 Å². The number of carbonyl (C=O) groups excluding carboxylic acids is 2. The van der Waals surface area contributed by atoms with Crippen molar-refractivity contribution in [3.05, 3.63) is 47.3 Å². The fourth-order valence-corrected chi connectivity index (χ4v) is 4.82. The van der Waals surface area contributed by atoms with Gasteiger partial charge in [-0.05, 0) is 41.8 Å². The van der Waals surface area contributed by atoms with E-state index in [1.807, 2.05) is 24.1 Å². The fourth-order valence-electron chi connectivity index (χ4n) is 4.03. The molecule has 4 nitrogen and oxygen atoms in total. The van der Waals surface area contributed by atoms with Crippen LogP contribution < -0.4 is 0 Å². The molecule has 0 radical (unpaired) electrons. The van der Waals surface area contributed by atoms with E-state index in [9.17, 15) is 9.59 Å². The molecule has 5 heteroatoms. The maximum absolute atomic E-state index is 13.0. The molecule has 2 aliphatic rings. The number of hydrogen-bond acceptors (Lipinski definition) is 3. The Bertz CT molecular complexity index is 813. The van der Waals surface area contributed by atoms with Crippen LogP contribution in [0.15, 0.2) is 41.8 Å². The molecule has 4 rings (SSSR count). The molecular formula is C22H26N2O2S. The maximum atomic E-state index is 13.0. The van der Waals surface area contributed by atoms with Crippen LogP contribution in [0.25, 0.3) is 10.4 Å². The van der Waals surface area contributed by atoms with Crippen LogP contribution in [0.2, 0.25) is 0 Å². The quantitative estimate of drug-likeness (QED) is 0.809. The van der Waals surface area contributed by atoms with Crippen molar-refractivity contribution in [1.29, 1.82) is 0 Å². The van der Waals surface area contributed by atoms with E-state index in [2.05, 4.69) is 29.6 Å². The van der Waals surface area contributed by atoms with Crippen LogP contribution in [0.1, 0.15) is 24.8 Å². The second kappa shape index (κ2) is 7.85. The molecule has 1 aromatic carbocycles. The maximum Gasteiger partial charge on any atom is 0.227 e. The molecular weight excluding hydrogens is 356 g/mol. The van der Waals surface area contributed by atoms with Crippen LogP contribution in [-0.2, 0) is 16.0 Å².